The first-order chi connectivity index (χ1) is 13.8. The van der Waals surface area contributed by atoms with E-state index >= 15 is 0 Å². The molecule has 1 saturated carbocycles. The van der Waals surface area contributed by atoms with Crippen LogP contribution in [-0.4, -0.2) is 43.9 Å². The Bertz CT molecular complexity index is 1080. The summed E-state index contributed by atoms with van der Waals surface area (Å²) in [6, 6.07) is 2.07. The highest BCUT2D eigenvalue weighted by Gasteiger charge is 2.49. The number of hydrogen-bond acceptors (Lipinski definition) is 5. The van der Waals surface area contributed by atoms with Crippen molar-refractivity contribution < 1.29 is 22.7 Å². The van der Waals surface area contributed by atoms with Gasteiger partial charge in [-0.15, -0.1) is 11.3 Å². The van der Waals surface area contributed by atoms with Crippen molar-refractivity contribution in [3.63, 3.8) is 0 Å². The number of halogens is 3. The summed E-state index contributed by atoms with van der Waals surface area (Å²) >= 11 is 1.47. The zero-order valence-electron chi connectivity index (χ0n) is 15.4. The van der Waals surface area contributed by atoms with Gasteiger partial charge in [0.05, 0.1) is 17.3 Å². The number of alkyl halides is 3. The standard InChI is InChI=1S/C19H17F3N4O2S/c1-10-16(25-4-5-29-18(25)24-10)17(27)26-9-11-6-13(26)14(7-11)28-15-3-2-12(8-23-15)19(20,21)22/h2-5,8,11,13-14H,6-7,9H2,1H3/t11?,13-,14?/m1/s1. The Morgan fingerprint density at radius 2 is 2.14 bits per heavy atom. The molecule has 2 fully saturated rings. The lowest BCUT2D eigenvalue weighted by molar-refractivity contribution is -0.137. The van der Waals surface area contributed by atoms with E-state index in [0.29, 0.717) is 23.9 Å². The molecule has 6 nitrogen and oxygen atoms in total. The zero-order valence-corrected chi connectivity index (χ0v) is 16.2. The molecule has 4 heterocycles. The van der Waals surface area contributed by atoms with E-state index in [1.165, 1.54) is 17.4 Å². The number of thiazole rings is 1. The molecule has 3 aromatic rings. The van der Waals surface area contributed by atoms with Gasteiger partial charge in [-0.25, -0.2) is 9.97 Å². The second kappa shape index (κ2) is 6.45. The van der Waals surface area contributed by atoms with Crippen molar-refractivity contribution in [3.05, 3.63) is 46.9 Å². The van der Waals surface area contributed by atoms with Crippen LogP contribution in [0.2, 0.25) is 0 Å². The molecule has 10 heteroatoms. The van der Waals surface area contributed by atoms with Gasteiger partial charge in [0, 0.05) is 30.4 Å². The first-order valence-corrected chi connectivity index (χ1v) is 10.1. The molecule has 3 atom stereocenters. The van der Waals surface area contributed by atoms with Gasteiger partial charge in [-0.1, -0.05) is 0 Å². The minimum atomic E-state index is -4.43. The van der Waals surface area contributed by atoms with E-state index in [0.717, 1.165) is 30.1 Å². The van der Waals surface area contributed by atoms with Crippen LogP contribution in [0.5, 0.6) is 5.88 Å². The molecule has 1 aliphatic carbocycles. The molecule has 0 N–H and O–H groups in total. The van der Waals surface area contributed by atoms with Crippen molar-refractivity contribution in [2.24, 2.45) is 5.92 Å². The van der Waals surface area contributed by atoms with Crippen LogP contribution in [0.25, 0.3) is 4.96 Å². The predicted molar refractivity (Wildman–Crippen MR) is 99.0 cm³/mol. The van der Waals surface area contributed by atoms with Crippen LogP contribution in [0.4, 0.5) is 13.2 Å². The third-order valence-corrected chi connectivity index (χ3v) is 6.42. The van der Waals surface area contributed by atoms with Gasteiger partial charge in [-0.3, -0.25) is 9.20 Å². The fraction of sp³-hybridized carbons (Fsp3) is 0.421. The third kappa shape index (κ3) is 3.06. The van der Waals surface area contributed by atoms with E-state index < -0.39 is 11.7 Å². The summed E-state index contributed by atoms with van der Waals surface area (Å²) in [5.74, 6) is 0.368. The summed E-state index contributed by atoms with van der Waals surface area (Å²) < 4.78 is 45.8. The molecule has 0 radical (unpaired) electrons. The zero-order chi connectivity index (χ0) is 20.3. The van der Waals surface area contributed by atoms with E-state index in [1.807, 2.05) is 27.8 Å². The molecule has 2 bridgehead atoms. The molecule has 29 heavy (non-hydrogen) atoms. The summed E-state index contributed by atoms with van der Waals surface area (Å²) in [7, 11) is 0. The highest BCUT2D eigenvalue weighted by Crippen LogP contribution is 2.41. The smallest absolute Gasteiger partial charge is 0.417 e. The van der Waals surface area contributed by atoms with E-state index in [-0.39, 0.29) is 23.9 Å². The number of aryl methyl sites for hydroxylation is 1. The molecule has 5 rings (SSSR count). The van der Waals surface area contributed by atoms with Crippen molar-refractivity contribution in [2.75, 3.05) is 6.54 Å². The molecular formula is C19H17F3N4O2S. The van der Waals surface area contributed by atoms with Crippen molar-refractivity contribution in [3.8, 4) is 5.88 Å². The number of amides is 1. The third-order valence-electron chi connectivity index (χ3n) is 5.66. The first kappa shape index (κ1) is 18.4. The summed E-state index contributed by atoms with van der Waals surface area (Å²) in [5, 5.41) is 1.89. The van der Waals surface area contributed by atoms with Crippen molar-refractivity contribution >= 4 is 22.2 Å². The molecule has 0 spiro atoms. The van der Waals surface area contributed by atoms with Crippen LogP contribution >= 0.6 is 11.3 Å². The Labute approximate surface area is 167 Å². The van der Waals surface area contributed by atoms with Crippen LogP contribution < -0.4 is 4.74 Å². The monoisotopic (exact) mass is 422 g/mol. The van der Waals surface area contributed by atoms with Gasteiger partial charge in [0.15, 0.2) is 4.96 Å². The number of rotatable bonds is 3. The average molecular weight is 422 g/mol. The minimum Gasteiger partial charge on any atom is -0.472 e. The van der Waals surface area contributed by atoms with Crippen molar-refractivity contribution in [1.82, 2.24) is 19.3 Å². The number of carbonyl (C=O) groups is 1. The second-order valence-corrected chi connectivity index (χ2v) is 8.38. The Kier molecular flexibility index (Phi) is 4.09. The summed E-state index contributed by atoms with van der Waals surface area (Å²) in [6.45, 7) is 2.47. The lowest BCUT2D eigenvalue weighted by Crippen LogP contribution is -2.47. The lowest BCUT2D eigenvalue weighted by atomic mass is 10.1. The first-order valence-electron chi connectivity index (χ1n) is 9.24. The Hall–Kier alpha value is -2.62. The molecule has 1 amide bonds. The van der Waals surface area contributed by atoms with E-state index in [1.54, 1.807) is 0 Å². The number of imidazole rings is 1. The summed E-state index contributed by atoms with van der Waals surface area (Å²) in [4.78, 5) is 24.1. The Morgan fingerprint density at radius 1 is 1.31 bits per heavy atom. The summed E-state index contributed by atoms with van der Waals surface area (Å²) in [5.41, 5.74) is 0.428. The molecule has 0 aromatic carbocycles. The van der Waals surface area contributed by atoms with Gasteiger partial charge in [-0.05, 0) is 31.7 Å². The molecule has 1 aliphatic heterocycles. The van der Waals surface area contributed by atoms with Crippen molar-refractivity contribution in [2.45, 2.75) is 38.1 Å². The molecule has 3 aromatic heterocycles. The Balaban J connectivity index is 1.35. The number of piperidine rings is 1. The van der Waals surface area contributed by atoms with Crippen LogP contribution in [0.1, 0.15) is 34.6 Å². The number of fused-ring (bicyclic) bond motifs is 3. The maximum Gasteiger partial charge on any atom is 0.417 e. The molecule has 1 saturated heterocycles. The molecular weight excluding hydrogens is 405 g/mol. The number of likely N-dealkylation sites (tertiary alicyclic amines) is 1. The fourth-order valence-electron chi connectivity index (χ4n) is 4.39. The maximum absolute atomic E-state index is 13.3. The van der Waals surface area contributed by atoms with E-state index in [2.05, 4.69) is 9.97 Å². The van der Waals surface area contributed by atoms with Crippen LogP contribution in [0.15, 0.2) is 29.9 Å². The van der Waals surface area contributed by atoms with Gasteiger partial charge in [0.25, 0.3) is 5.91 Å². The van der Waals surface area contributed by atoms with Crippen LogP contribution in [0.3, 0.4) is 0 Å². The largest absolute Gasteiger partial charge is 0.472 e. The topological polar surface area (TPSA) is 59.7 Å². The molecule has 2 aliphatic rings. The van der Waals surface area contributed by atoms with Gasteiger partial charge in [0.1, 0.15) is 11.8 Å². The van der Waals surface area contributed by atoms with E-state index in [4.69, 9.17) is 4.74 Å². The molecule has 152 valence electrons. The normalized spacial score (nSPS) is 23.9. The highest BCUT2D eigenvalue weighted by molar-refractivity contribution is 7.15. The SMILES string of the molecule is Cc1nc2sccn2c1C(=O)N1CC2CC(Oc3ccc(C(F)(F)F)cn3)[C@H]1C2. The van der Waals surface area contributed by atoms with Crippen molar-refractivity contribution in [1.29, 1.82) is 0 Å². The molecule has 2 unspecified atom stereocenters. The maximum atomic E-state index is 13.3. The number of hydrogen-bond donors (Lipinski definition) is 0. The number of ether oxygens (including phenoxy) is 1. The summed E-state index contributed by atoms with van der Waals surface area (Å²) in [6.07, 6.45) is -0.529. The number of aromatic nitrogens is 3. The second-order valence-electron chi connectivity index (χ2n) is 7.50. The van der Waals surface area contributed by atoms with E-state index in [9.17, 15) is 18.0 Å². The Morgan fingerprint density at radius 3 is 2.83 bits per heavy atom. The van der Waals surface area contributed by atoms with Crippen LogP contribution in [0, 0.1) is 12.8 Å². The number of carbonyl (C=O) groups excluding carboxylic acids is 1. The number of pyridine rings is 1. The average Bonchev–Trinajstić information content (AvgIpc) is 3.41. The highest BCUT2D eigenvalue weighted by atomic mass is 32.1. The van der Waals surface area contributed by atoms with Gasteiger partial charge >= 0.3 is 6.18 Å². The minimum absolute atomic E-state index is 0.0884. The predicted octanol–water partition coefficient (Wildman–Crippen LogP) is 3.80. The quantitative estimate of drug-likeness (QED) is 0.644. The lowest BCUT2D eigenvalue weighted by Gasteiger charge is -2.33. The van der Waals surface area contributed by atoms with Gasteiger partial charge < -0.3 is 9.64 Å². The fourth-order valence-corrected chi connectivity index (χ4v) is 5.15. The number of nitrogens with zero attached hydrogens (tertiary/aromatic N) is 4. The van der Waals surface area contributed by atoms with Crippen LogP contribution in [-0.2, 0) is 6.18 Å². The van der Waals surface area contributed by atoms with Gasteiger partial charge in [-0.2, -0.15) is 13.2 Å². The van der Waals surface area contributed by atoms with Gasteiger partial charge in [0.2, 0.25) is 5.88 Å².